The van der Waals surface area contributed by atoms with Crippen molar-refractivity contribution in [2.45, 2.75) is 19.4 Å². The lowest BCUT2D eigenvalue weighted by atomic mass is 10.1. The summed E-state index contributed by atoms with van der Waals surface area (Å²) < 4.78 is 18.3. The Kier molecular flexibility index (Phi) is 4.93. The van der Waals surface area contributed by atoms with Gasteiger partial charge < -0.3 is 10.1 Å². The maximum Gasteiger partial charge on any atom is 0.337 e. The lowest BCUT2D eigenvalue weighted by molar-refractivity contribution is 0.0601. The normalized spacial score (nSPS) is 11.8. The van der Waals surface area contributed by atoms with Crippen molar-refractivity contribution >= 4 is 11.7 Å². The number of anilines is 1. The fraction of sp³-hybridized carbons (Fsp3) is 0.235. The molecule has 2 aromatic rings. The molecule has 0 amide bonds. The maximum absolute atomic E-state index is 13.6. The van der Waals surface area contributed by atoms with Gasteiger partial charge in [0.15, 0.2) is 0 Å². The highest BCUT2D eigenvalue weighted by Crippen LogP contribution is 2.15. The molecule has 110 valence electrons. The van der Waals surface area contributed by atoms with Crippen molar-refractivity contribution in [1.82, 2.24) is 0 Å². The van der Waals surface area contributed by atoms with Crippen molar-refractivity contribution in [2.75, 3.05) is 12.4 Å². The zero-order valence-electron chi connectivity index (χ0n) is 12.1. The van der Waals surface area contributed by atoms with E-state index in [0.717, 1.165) is 5.69 Å². The van der Waals surface area contributed by atoms with Crippen LogP contribution in [0.5, 0.6) is 0 Å². The standard InChI is InChI=1S/C17H18FNO2/c1-12(10-13-6-3-4-9-16(13)18)19-15-8-5-7-14(11-15)17(20)21-2/h3-9,11-12,19H,10H2,1-2H3. The number of ether oxygens (including phenoxy) is 1. The molecule has 0 radical (unpaired) electrons. The molecule has 21 heavy (non-hydrogen) atoms. The van der Waals surface area contributed by atoms with Crippen molar-refractivity contribution in [3.8, 4) is 0 Å². The van der Waals surface area contributed by atoms with Crippen molar-refractivity contribution in [1.29, 1.82) is 0 Å². The van der Waals surface area contributed by atoms with Gasteiger partial charge in [-0.15, -0.1) is 0 Å². The third-order valence-corrected chi connectivity index (χ3v) is 3.18. The van der Waals surface area contributed by atoms with Crippen molar-refractivity contribution in [3.63, 3.8) is 0 Å². The smallest absolute Gasteiger partial charge is 0.337 e. The van der Waals surface area contributed by atoms with Crippen molar-refractivity contribution < 1.29 is 13.9 Å². The zero-order valence-corrected chi connectivity index (χ0v) is 12.1. The molecule has 2 rings (SSSR count). The van der Waals surface area contributed by atoms with Crippen LogP contribution in [0.1, 0.15) is 22.8 Å². The number of hydrogen-bond donors (Lipinski definition) is 1. The minimum absolute atomic E-state index is 0.0368. The van der Waals surface area contributed by atoms with Gasteiger partial charge in [0, 0.05) is 11.7 Å². The van der Waals surface area contributed by atoms with Crippen LogP contribution in [0.15, 0.2) is 48.5 Å². The molecule has 0 saturated heterocycles. The van der Waals surface area contributed by atoms with Gasteiger partial charge in [-0.3, -0.25) is 0 Å². The summed E-state index contributed by atoms with van der Waals surface area (Å²) in [4.78, 5) is 11.5. The van der Waals surface area contributed by atoms with E-state index in [0.29, 0.717) is 17.5 Å². The van der Waals surface area contributed by atoms with E-state index < -0.39 is 0 Å². The van der Waals surface area contributed by atoms with Gasteiger partial charge in [-0.2, -0.15) is 0 Å². The van der Waals surface area contributed by atoms with E-state index in [1.54, 1.807) is 30.3 Å². The number of hydrogen-bond acceptors (Lipinski definition) is 3. The number of nitrogens with one attached hydrogen (secondary N) is 1. The summed E-state index contributed by atoms with van der Waals surface area (Å²) in [6.45, 7) is 1.97. The second kappa shape index (κ2) is 6.88. The van der Waals surface area contributed by atoms with Crippen LogP contribution < -0.4 is 5.32 Å². The molecule has 1 N–H and O–H groups in total. The average molecular weight is 287 g/mol. The van der Waals surface area contributed by atoms with Gasteiger partial charge in [0.05, 0.1) is 12.7 Å². The van der Waals surface area contributed by atoms with Crippen LogP contribution >= 0.6 is 0 Å². The molecular formula is C17H18FNO2. The van der Waals surface area contributed by atoms with Crippen LogP contribution in [-0.2, 0) is 11.2 Å². The molecule has 0 aliphatic carbocycles. The predicted molar refractivity (Wildman–Crippen MR) is 81.0 cm³/mol. The predicted octanol–water partition coefficient (Wildman–Crippen LogP) is 3.66. The largest absolute Gasteiger partial charge is 0.465 e. The fourth-order valence-electron chi connectivity index (χ4n) is 2.18. The van der Waals surface area contributed by atoms with E-state index in [-0.39, 0.29) is 17.8 Å². The molecule has 1 unspecified atom stereocenters. The molecule has 0 aromatic heterocycles. The highest BCUT2D eigenvalue weighted by atomic mass is 19.1. The Balaban J connectivity index is 2.04. The monoisotopic (exact) mass is 287 g/mol. The molecule has 0 heterocycles. The highest BCUT2D eigenvalue weighted by molar-refractivity contribution is 5.90. The number of carbonyl (C=O) groups is 1. The Hall–Kier alpha value is -2.36. The van der Waals surface area contributed by atoms with Gasteiger partial charge in [0.1, 0.15) is 5.82 Å². The molecule has 0 saturated carbocycles. The van der Waals surface area contributed by atoms with Gasteiger partial charge in [-0.1, -0.05) is 24.3 Å². The van der Waals surface area contributed by atoms with Crippen LogP contribution in [0.25, 0.3) is 0 Å². The van der Waals surface area contributed by atoms with Crippen molar-refractivity contribution in [2.24, 2.45) is 0 Å². The summed E-state index contributed by atoms with van der Waals surface area (Å²) >= 11 is 0. The Morgan fingerprint density at radius 1 is 1.24 bits per heavy atom. The van der Waals surface area contributed by atoms with Crippen LogP contribution in [-0.4, -0.2) is 19.1 Å². The second-order valence-electron chi connectivity index (χ2n) is 4.91. The molecule has 0 fully saturated rings. The first-order chi connectivity index (χ1) is 10.1. The summed E-state index contributed by atoms with van der Waals surface area (Å²) in [5, 5.41) is 3.26. The van der Waals surface area contributed by atoms with Crippen LogP contribution in [0.3, 0.4) is 0 Å². The molecule has 2 aromatic carbocycles. The molecular weight excluding hydrogens is 269 g/mol. The van der Waals surface area contributed by atoms with E-state index in [1.807, 2.05) is 19.1 Å². The SMILES string of the molecule is COC(=O)c1cccc(NC(C)Cc2ccccc2F)c1. The molecule has 0 aliphatic heterocycles. The first-order valence-electron chi connectivity index (χ1n) is 6.78. The molecule has 0 spiro atoms. The molecule has 3 nitrogen and oxygen atoms in total. The summed E-state index contributed by atoms with van der Waals surface area (Å²) in [5.41, 5.74) is 1.96. The van der Waals surface area contributed by atoms with E-state index in [9.17, 15) is 9.18 Å². The number of halogens is 1. The van der Waals surface area contributed by atoms with E-state index in [4.69, 9.17) is 4.74 Å². The van der Waals surface area contributed by atoms with Crippen molar-refractivity contribution in [3.05, 3.63) is 65.5 Å². The van der Waals surface area contributed by atoms with Crippen LogP contribution in [0, 0.1) is 5.82 Å². The Morgan fingerprint density at radius 2 is 2.00 bits per heavy atom. The second-order valence-corrected chi connectivity index (χ2v) is 4.91. The number of rotatable bonds is 5. The van der Waals surface area contributed by atoms with Gasteiger partial charge in [-0.05, 0) is 43.2 Å². The minimum Gasteiger partial charge on any atom is -0.465 e. The Labute approximate surface area is 123 Å². The fourth-order valence-corrected chi connectivity index (χ4v) is 2.18. The third kappa shape index (κ3) is 4.05. The van der Waals surface area contributed by atoms with Gasteiger partial charge in [0.2, 0.25) is 0 Å². The molecule has 4 heteroatoms. The van der Waals surface area contributed by atoms with E-state index in [2.05, 4.69) is 5.32 Å². The average Bonchev–Trinajstić information content (AvgIpc) is 2.49. The number of benzene rings is 2. The van der Waals surface area contributed by atoms with Gasteiger partial charge >= 0.3 is 5.97 Å². The molecule has 0 aliphatic rings. The van der Waals surface area contributed by atoms with E-state index in [1.165, 1.54) is 13.2 Å². The Bertz CT molecular complexity index is 628. The minimum atomic E-state index is -0.375. The molecule has 1 atom stereocenters. The topological polar surface area (TPSA) is 38.3 Å². The van der Waals surface area contributed by atoms with Crippen LogP contribution in [0.4, 0.5) is 10.1 Å². The van der Waals surface area contributed by atoms with Gasteiger partial charge in [0.25, 0.3) is 0 Å². The highest BCUT2D eigenvalue weighted by Gasteiger charge is 2.09. The van der Waals surface area contributed by atoms with Gasteiger partial charge in [-0.25, -0.2) is 9.18 Å². The number of esters is 1. The maximum atomic E-state index is 13.6. The third-order valence-electron chi connectivity index (χ3n) is 3.18. The summed E-state index contributed by atoms with van der Waals surface area (Å²) in [6, 6.07) is 13.8. The lowest BCUT2D eigenvalue weighted by Gasteiger charge is -2.16. The summed E-state index contributed by atoms with van der Waals surface area (Å²) in [5.74, 6) is -0.574. The summed E-state index contributed by atoms with van der Waals surface area (Å²) in [6.07, 6.45) is 0.565. The van der Waals surface area contributed by atoms with E-state index >= 15 is 0 Å². The van der Waals surface area contributed by atoms with Crippen LogP contribution in [0.2, 0.25) is 0 Å². The summed E-state index contributed by atoms with van der Waals surface area (Å²) in [7, 11) is 1.35. The first kappa shape index (κ1) is 15.0. The quantitative estimate of drug-likeness (QED) is 0.853. The number of methoxy groups -OCH3 is 1. The zero-order chi connectivity index (χ0) is 15.2. The molecule has 0 bridgehead atoms. The Morgan fingerprint density at radius 3 is 2.71 bits per heavy atom. The first-order valence-corrected chi connectivity index (χ1v) is 6.78. The number of carbonyl (C=O) groups excluding carboxylic acids is 1. The lowest BCUT2D eigenvalue weighted by Crippen LogP contribution is -2.19.